The van der Waals surface area contributed by atoms with Crippen LogP contribution in [0.15, 0.2) is 4.34 Å². The second-order valence-electron chi connectivity index (χ2n) is 0.923. The monoisotopic (exact) mass is 150 g/mol. The number of thiol groups is 1. The highest BCUT2D eigenvalue weighted by Crippen LogP contribution is 2.13. The number of anilines is 1. The summed E-state index contributed by atoms with van der Waals surface area (Å²) in [5.41, 5.74) is 5.17. The van der Waals surface area contributed by atoms with Crippen LogP contribution in [0, 0.1) is 0 Å². The van der Waals surface area contributed by atoms with Crippen molar-refractivity contribution in [1.82, 2.24) is 16.3 Å². The lowest BCUT2D eigenvalue weighted by Gasteiger charge is -1.66. The third-order valence-corrected chi connectivity index (χ3v) is 1.35. The third kappa shape index (κ3) is 1.65. The summed E-state index contributed by atoms with van der Waals surface area (Å²) in [5.74, 6) is 0. The molecule has 1 rings (SSSR count). The number of rotatable bonds is 0. The molecule has 5 N–H and O–H groups in total. The minimum absolute atomic E-state index is 0. The molecule has 0 aliphatic heterocycles. The van der Waals surface area contributed by atoms with Gasteiger partial charge < -0.3 is 11.9 Å². The van der Waals surface area contributed by atoms with Crippen LogP contribution >= 0.6 is 24.0 Å². The summed E-state index contributed by atoms with van der Waals surface area (Å²) >= 11 is 5.13. The number of hydrogen-bond donors (Lipinski definition) is 3. The van der Waals surface area contributed by atoms with E-state index in [-0.39, 0.29) is 6.15 Å². The predicted octanol–water partition coefficient (Wildman–Crippen LogP) is 0.571. The summed E-state index contributed by atoms with van der Waals surface area (Å²) < 4.78 is 0.609. The van der Waals surface area contributed by atoms with Crippen molar-refractivity contribution in [1.29, 1.82) is 0 Å². The molecule has 8 heavy (non-hydrogen) atoms. The molecule has 0 radical (unpaired) electrons. The van der Waals surface area contributed by atoms with E-state index >= 15 is 0 Å². The lowest BCUT2D eigenvalue weighted by molar-refractivity contribution is 1.02. The summed E-state index contributed by atoms with van der Waals surface area (Å²) in [7, 11) is 0. The highest BCUT2D eigenvalue weighted by atomic mass is 32.2. The van der Waals surface area contributed by atoms with Gasteiger partial charge in [-0.2, -0.15) is 0 Å². The molecule has 0 spiro atoms. The lowest BCUT2D eigenvalue weighted by Crippen LogP contribution is -1.79. The third-order valence-electron chi connectivity index (χ3n) is 0.430. The summed E-state index contributed by atoms with van der Waals surface area (Å²) in [6, 6.07) is 0. The number of aromatic nitrogens is 2. The molecule has 1 heterocycles. The number of hydrogen-bond acceptors (Lipinski definition) is 6. The van der Waals surface area contributed by atoms with Crippen LogP contribution < -0.4 is 11.9 Å². The SMILES string of the molecule is N.Nc1nnc(S)s1. The molecule has 0 amide bonds. The fourth-order valence-electron chi connectivity index (χ4n) is 0.226. The van der Waals surface area contributed by atoms with Crippen molar-refractivity contribution in [3.8, 4) is 0 Å². The first-order valence-corrected chi connectivity index (χ1v) is 2.83. The molecule has 4 nitrogen and oxygen atoms in total. The first-order valence-electron chi connectivity index (χ1n) is 1.57. The van der Waals surface area contributed by atoms with Crippen LogP contribution in [0.5, 0.6) is 0 Å². The molecule has 0 bridgehead atoms. The molecule has 1 aromatic heterocycles. The van der Waals surface area contributed by atoms with Gasteiger partial charge in [0.2, 0.25) is 5.13 Å². The van der Waals surface area contributed by atoms with Crippen molar-refractivity contribution in [2.45, 2.75) is 4.34 Å². The number of nitrogens with zero attached hydrogens (tertiary/aromatic N) is 2. The Hall–Kier alpha value is -0.330. The summed E-state index contributed by atoms with van der Waals surface area (Å²) in [5, 5.41) is 7.47. The maximum Gasteiger partial charge on any atom is 0.203 e. The average Bonchev–Trinajstić information content (AvgIpc) is 1.87. The van der Waals surface area contributed by atoms with Gasteiger partial charge in [-0.1, -0.05) is 11.3 Å². The Morgan fingerprint density at radius 2 is 2.12 bits per heavy atom. The van der Waals surface area contributed by atoms with Crippen molar-refractivity contribution >= 4 is 29.1 Å². The molecule has 0 saturated heterocycles. The summed E-state index contributed by atoms with van der Waals surface area (Å²) in [6.45, 7) is 0. The van der Waals surface area contributed by atoms with E-state index in [0.29, 0.717) is 9.47 Å². The van der Waals surface area contributed by atoms with Gasteiger partial charge in [0, 0.05) is 0 Å². The van der Waals surface area contributed by atoms with E-state index in [4.69, 9.17) is 5.73 Å². The zero-order chi connectivity index (χ0) is 5.28. The highest BCUT2D eigenvalue weighted by Gasteiger charge is 1.90. The molecule has 1 aromatic rings. The molecule has 0 saturated carbocycles. The second-order valence-corrected chi connectivity index (χ2v) is 2.66. The van der Waals surface area contributed by atoms with Gasteiger partial charge in [-0.05, 0) is 0 Å². The highest BCUT2D eigenvalue weighted by molar-refractivity contribution is 7.82. The van der Waals surface area contributed by atoms with Crippen molar-refractivity contribution in [3.05, 3.63) is 0 Å². The van der Waals surface area contributed by atoms with Gasteiger partial charge in [0.05, 0.1) is 0 Å². The molecule has 46 valence electrons. The summed E-state index contributed by atoms with van der Waals surface area (Å²) in [6.07, 6.45) is 0. The van der Waals surface area contributed by atoms with E-state index in [1.54, 1.807) is 0 Å². The maximum absolute atomic E-state index is 5.17. The van der Waals surface area contributed by atoms with Crippen LogP contribution in [0.25, 0.3) is 0 Å². The lowest BCUT2D eigenvalue weighted by atomic mass is 11.3. The molecule has 6 heteroatoms. The molecule has 0 fully saturated rings. The van der Waals surface area contributed by atoms with E-state index in [1.807, 2.05) is 0 Å². The largest absolute Gasteiger partial charge is 0.374 e. The fraction of sp³-hybridized carbons (Fsp3) is 0. The Balaban J connectivity index is 0.000000490. The van der Waals surface area contributed by atoms with E-state index in [2.05, 4.69) is 22.8 Å². The fourth-order valence-corrected chi connectivity index (χ4v) is 0.902. The summed E-state index contributed by atoms with van der Waals surface area (Å²) in [4.78, 5) is 0. The quantitative estimate of drug-likeness (QED) is 0.472. The predicted molar refractivity (Wildman–Crippen MR) is 36.6 cm³/mol. The molecule has 0 aliphatic carbocycles. The standard InChI is InChI=1S/C2H3N3S2.H3N/c3-1-4-5-2(6)7-1;/h(H2,3,4)(H,5,6);1H3. The van der Waals surface area contributed by atoms with Crippen LogP contribution in [0.4, 0.5) is 5.13 Å². The average molecular weight is 150 g/mol. The normalized spacial score (nSPS) is 8.12. The molecular formula is C2H6N4S2. The number of nitrogen functional groups attached to an aromatic ring is 1. The van der Waals surface area contributed by atoms with Gasteiger partial charge in [-0.15, -0.1) is 22.8 Å². The van der Waals surface area contributed by atoms with Gasteiger partial charge >= 0.3 is 0 Å². The first kappa shape index (κ1) is 7.67. The topological polar surface area (TPSA) is 86.8 Å². The molecule has 0 aromatic carbocycles. The van der Waals surface area contributed by atoms with E-state index in [1.165, 1.54) is 11.3 Å². The van der Waals surface area contributed by atoms with E-state index in [0.717, 1.165) is 0 Å². The second kappa shape index (κ2) is 2.85. The number of nitrogens with two attached hydrogens (primary N) is 1. The van der Waals surface area contributed by atoms with E-state index < -0.39 is 0 Å². The van der Waals surface area contributed by atoms with Crippen LogP contribution in [0.1, 0.15) is 0 Å². The zero-order valence-electron chi connectivity index (χ0n) is 4.03. The zero-order valence-corrected chi connectivity index (χ0v) is 5.75. The Bertz CT molecular complexity index is 144. The van der Waals surface area contributed by atoms with E-state index in [9.17, 15) is 0 Å². The van der Waals surface area contributed by atoms with Crippen molar-refractivity contribution < 1.29 is 0 Å². The molecule has 0 unspecified atom stereocenters. The van der Waals surface area contributed by atoms with Gasteiger partial charge in [0.25, 0.3) is 0 Å². The smallest absolute Gasteiger partial charge is 0.203 e. The van der Waals surface area contributed by atoms with Gasteiger partial charge in [-0.25, -0.2) is 0 Å². The Labute approximate surface area is 56.1 Å². The minimum atomic E-state index is 0. The molecule has 0 atom stereocenters. The Morgan fingerprint density at radius 1 is 1.50 bits per heavy atom. The van der Waals surface area contributed by atoms with Crippen molar-refractivity contribution in [2.75, 3.05) is 5.73 Å². The van der Waals surface area contributed by atoms with Crippen molar-refractivity contribution in [3.63, 3.8) is 0 Å². The van der Waals surface area contributed by atoms with Crippen LogP contribution in [0.2, 0.25) is 0 Å². The maximum atomic E-state index is 5.17. The Morgan fingerprint density at radius 3 is 2.25 bits per heavy atom. The minimum Gasteiger partial charge on any atom is -0.374 e. The van der Waals surface area contributed by atoms with Crippen LogP contribution in [-0.2, 0) is 0 Å². The van der Waals surface area contributed by atoms with Crippen LogP contribution in [-0.4, -0.2) is 10.2 Å². The molecular weight excluding hydrogens is 144 g/mol. The van der Waals surface area contributed by atoms with Gasteiger partial charge in [0.15, 0.2) is 4.34 Å². The molecule has 0 aliphatic rings. The first-order chi connectivity index (χ1) is 3.29. The Kier molecular flexibility index (Phi) is 2.74. The van der Waals surface area contributed by atoms with Gasteiger partial charge in [0.1, 0.15) is 0 Å². The van der Waals surface area contributed by atoms with Gasteiger partial charge in [-0.3, -0.25) is 0 Å². The van der Waals surface area contributed by atoms with Crippen molar-refractivity contribution in [2.24, 2.45) is 0 Å². The van der Waals surface area contributed by atoms with Crippen LogP contribution in [0.3, 0.4) is 0 Å².